The quantitative estimate of drug-likeness (QED) is 0.334. The number of alkyl halides is 4. The van der Waals surface area contributed by atoms with Gasteiger partial charge in [0.1, 0.15) is 0 Å². The Morgan fingerprint density at radius 1 is 1.31 bits per heavy atom. The van der Waals surface area contributed by atoms with Crippen molar-refractivity contribution in [2.24, 2.45) is 0 Å². The largest absolute Gasteiger partial charge is 1.00 e. The Labute approximate surface area is 84.7 Å². The summed E-state index contributed by atoms with van der Waals surface area (Å²) in [6, 6.07) is 0. The van der Waals surface area contributed by atoms with Crippen LogP contribution in [0.4, 0.5) is 17.6 Å². The van der Waals surface area contributed by atoms with Gasteiger partial charge in [-0.25, -0.2) is 0 Å². The van der Waals surface area contributed by atoms with E-state index in [1.165, 1.54) is 0 Å². The van der Waals surface area contributed by atoms with Gasteiger partial charge in [-0.15, -0.1) is 0 Å². The number of hydrogen-bond donors (Lipinski definition) is 1. The molecule has 76 valence electrons. The van der Waals surface area contributed by atoms with Gasteiger partial charge in [-0.2, -0.15) is 26.0 Å². The van der Waals surface area contributed by atoms with Gasteiger partial charge < -0.3 is 6.16 Å². The fourth-order valence-electron chi connectivity index (χ4n) is 0.269. The van der Waals surface area contributed by atoms with Crippen LogP contribution in [0.15, 0.2) is 0 Å². The molecule has 0 amide bonds. The Kier molecular flexibility index (Phi) is 4.99. The van der Waals surface area contributed by atoms with Crippen molar-refractivity contribution in [1.29, 1.82) is 0 Å². The van der Waals surface area contributed by atoms with Gasteiger partial charge >= 0.3 is 40.3 Å². The first-order valence-electron chi connectivity index (χ1n) is 2.34. The van der Waals surface area contributed by atoms with E-state index in [9.17, 15) is 26.0 Å². The number of methoxy groups -OCH3 is 1. The Balaban J connectivity index is -0.000000605. The molecule has 0 aliphatic carbocycles. The molecule has 0 heterocycles. The fraction of sp³-hybridized carbons (Fsp3) is 1.00. The van der Waals surface area contributed by atoms with Crippen molar-refractivity contribution in [3.63, 3.8) is 0 Å². The maximum absolute atomic E-state index is 12.0. The molecule has 0 saturated carbocycles. The molecule has 0 aliphatic heterocycles. The van der Waals surface area contributed by atoms with E-state index in [-0.39, 0.29) is 27.4 Å². The van der Waals surface area contributed by atoms with E-state index in [1.807, 2.05) is 0 Å². The first-order valence-corrected chi connectivity index (χ1v) is 3.78. The van der Waals surface area contributed by atoms with E-state index in [0.717, 1.165) is 0 Å². The predicted octanol–water partition coefficient (Wildman–Crippen LogP) is -2.18. The van der Waals surface area contributed by atoms with Crippen LogP contribution in [0.2, 0.25) is 0 Å². The van der Waals surface area contributed by atoms with E-state index in [4.69, 9.17) is 4.55 Å². The third-order valence-electron chi connectivity index (χ3n) is 0.919. The van der Waals surface area contributed by atoms with Crippen LogP contribution >= 0.6 is 0 Å². The molecule has 0 aromatic carbocycles. The van der Waals surface area contributed by atoms with Crippen molar-refractivity contribution in [3.05, 3.63) is 0 Å². The van der Waals surface area contributed by atoms with Crippen LogP contribution in [0, 0.1) is 0 Å². The molecule has 0 atom stereocenters. The zero-order valence-corrected chi connectivity index (χ0v) is 7.41. The molecule has 0 spiro atoms. The number of hydrogen-bond acceptors (Lipinski definition) is 3. The van der Waals surface area contributed by atoms with E-state index in [0.29, 0.717) is 0 Å². The molecule has 0 aromatic heterocycles. The number of halogens is 4. The van der Waals surface area contributed by atoms with Gasteiger partial charge in [0.2, 0.25) is 0 Å². The van der Waals surface area contributed by atoms with Crippen molar-refractivity contribution in [2.45, 2.75) is 11.4 Å². The van der Waals surface area contributed by atoms with Crippen molar-refractivity contribution in [2.75, 3.05) is 7.11 Å². The Morgan fingerprint density at radius 3 is 1.69 bits per heavy atom. The number of ether oxygens (including phenoxy) is 1. The molecule has 13 heavy (non-hydrogen) atoms. The minimum absolute atomic E-state index is 0. The summed E-state index contributed by atoms with van der Waals surface area (Å²) in [7, 11) is -6.00. The summed E-state index contributed by atoms with van der Waals surface area (Å²) in [6.45, 7) is 0. The summed E-state index contributed by atoms with van der Waals surface area (Å²) in [5, 5.41) is -5.64. The summed E-state index contributed by atoms with van der Waals surface area (Å²) in [4.78, 5) is 0. The molecule has 0 unspecified atom stereocenters. The minimum Gasteiger partial charge on any atom is -1.00 e. The van der Waals surface area contributed by atoms with Crippen LogP contribution in [-0.2, 0) is 14.9 Å². The SMILES string of the molecule is COC(F)(F)C(F)(F)S(=O)(=O)O.[H-].[Li+]. The molecule has 1 N–H and O–H groups in total. The molecule has 0 saturated heterocycles. The van der Waals surface area contributed by atoms with Crippen LogP contribution in [0.1, 0.15) is 1.43 Å². The van der Waals surface area contributed by atoms with Gasteiger partial charge in [0, 0.05) is 7.11 Å². The van der Waals surface area contributed by atoms with E-state index >= 15 is 0 Å². The maximum Gasteiger partial charge on any atom is 1.00 e. The minimum atomic E-state index is -6.18. The molecular weight excluding hydrogens is 215 g/mol. The van der Waals surface area contributed by atoms with Crippen molar-refractivity contribution >= 4 is 10.1 Å². The van der Waals surface area contributed by atoms with Crippen LogP contribution in [0.5, 0.6) is 0 Å². The summed E-state index contributed by atoms with van der Waals surface area (Å²) < 4.78 is 77.8. The molecule has 0 radical (unpaired) electrons. The Morgan fingerprint density at radius 2 is 1.62 bits per heavy atom. The zero-order chi connectivity index (χ0) is 10.2. The summed E-state index contributed by atoms with van der Waals surface area (Å²) >= 11 is 0. The standard InChI is InChI=1S/C3H4F4O4S.Li.H/c1-11-2(4,5)3(6,7)12(8,9)10;;/h1H3,(H,8,9,10);;/q;+1;-1. The maximum atomic E-state index is 12.0. The molecule has 0 aliphatic rings. The van der Waals surface area contributed by atoms with Gasteiger partial charge in [0.25, 0.3) is 0 Å². The van der Waals surface area contributed by atoms with E-state index < -0.39 is 21.5 Å². The van der Waals surface area contributed by atoms with E-state index in [1.54, 1.807) is 0 Å². The van der Waals surface area contributed by atoms with Gasteiger partial charge in [0.15, 0.2) is 0 Å². The molecule has 4 nitrogen and oxygen atoms in total. The molecule has 10 heteroatoms. The monoisotopic (exact) mass is 220 g/mol. The van der Waals surface area contributed by atoms with E-state index in [2.05, 4.69) is 4.74 Å². The van der Waals surface area contributed by atoms with Gasteiger partial charge in [-0.3, -0.25) is 4.55 Å². The average molecular weight is 220 g/mol. The average Bonchev–Trinajstić information content (AvgIpc) is 1.85. The Bertz CT molecular complexity index is 268. The number of rotatable bonds is 3. The summed E-state index contributed by atoms with van der Waals surface area (Å²) in [5.74, 6) is 0. The second-order valence-corrected chi connectivity index (χ2v) is 3.18. The van der Waals surface area contributed by atoms with Crippen molar-refractivity contribution < 1.29 is 55.6 Å². The predicted molar refractivity (Wildman–Crippen MR) is 29.6 cm³/mol. The fourth-order valence-corrected chi connectivity index (χ4v) is 0.653. The molecule has 0 aromatic rings. The summed E-state index contributed by atoms with van der Waals surface area (Å²) in [5.41, 5.74) is 0. The topological polar surface area (TPSA) is 63.6 Å². The first kappa shape index (κ1) is 15.7. The van der Waals surface area contributed by atoms with Crippen molar-refractivity contribution in [1.82, 2.24) is 0 Å². The molecular formula is C3H5F4LiO4S. The van der Waals surface area contributed by atoms with Crippen LogP contribution < -0.4 is 18.9 Å². The summed E-state index contributed by atoms with van der Waals surface area (Å²) in [6.07, 6.45) is -5.25. The van der Waals surface area contributed by atoms with Gasteiger partial charge in [0.05, 0.1) is 0 Å². The van der Waals surface area contributed by atoms with Gasteiger partial charge in [-0.1, -0.05) is 0 Å². The normalized spacial score (nSPS) is 13.7. The smallest absolute Gasteiger partial charge is 1.00 e. The third-order valence-corrected chi connectivity index (χ3v) is 1.80. The molecule has 0 bridgehead atoms. The second kappa shape index (κ2) is 4.14. The molecule has 0 rings (SSSR count). The van der Waals surface area contributed by atoms with Crippen LogP contribution in [-0.4, -0.2) is 31.4 Å². The second-order valence-electron chi connectivity index (χ2n) is 1.71. The van der Waals surface area contributed by atoms with Crippen molar-refractivity contribution in [3.8, 4) is 0 Å². The third kappa shape index (κ3) is 2.82. The Hall–Kier alpha value is 0.187. The zero-order valence-electron chi connectivity index (χ0n) is 7.59. The van der Waals surface area contributed by atoms with Gasteiger partial charge in [-0.05, 0) is 0 Å². The molecule has 0 fully saturated rings. The first-order chi connectivity index (χ1) is 5.06. The van der Waals surface area contributed by atoms with Crippen LogP contribution in [0.25, 0.3) is 0 Å². The van der Waals surface area contributed by atoms with Crippen LogP contribution in [0.3, 0.4) is 0 Å².